The number of aromatic nitrogens is 6. The number of piperidine rings is 2. The second kappa shape index (κ2) is 17.0. The maximum Gasteiger partial charge on any atom is 0.329 e. The van der Waals surface area contributed by atoms with Crippen molar-refractivity contribution in [2.24, 2.45) is 7.05 Å². The topological polar surface area (TPSA) is 153 Å². The number of unbranched alkanes of at least 4 members (excludes halogenated alkanes) is 2. The quantitative estimate of drug-likeness (QED) is 0.131. The number of rotatable bonds is 11. The van der Waals surface area contributed by atoms with E-state index in [1.807, 2.05) is 40.1 Å². The van der Waals surface area contributed by atoms with Crippen molar-refractivity contribution in [3.05, 3.63) is 81.7 Å². The van der Waals surface area contributed by atoms with Gasteiger partial charge in [-0.05, 0) is 80.3 Å². The number of benzene rings is 2. The third-order valence-electron chi connectivity index (χ3n) is 13.2. The number of amides is 4. The lowest BCUT2D eigenvalue weighted by atomic mass is 9.92. The zero-order valence-electron chi connectivity index (χ0n) is 35.2. The van der Waals surface area contributed by atoms with Crippen LogP contribution < -0.4 is 15.9 Å². The monoisotopic (exact) mass is 850 g/mol. The Morgan fingerprint density at radius 3 is 2.44 bits per heavy atom. The lowest BCUT2D eigenvalue weighted by molar-refractivity contribution is -0.136. The van der Waals surface area contributed by atoms with Gasteiger partial charge in [-0.3, -0.25) is 43.0 Å². The number of imide groups is 1. The normalized spacial score (nSPS) is 18.4. The number of nitrogens with one attached hydrogen (secondary N) is 1. The number of carbonyl (C=O) groups is 4. The van der Waals surface area contributed by atoms with Gasteiger partial charge in [-0.2, -0.15) is 10.2 Å². The highest BCUT2D eigenvalue weighted by atomic mass is 19.3. The molecule has 3 aromatic heterocycles. The number of nitrogens with zero attached hydrogens (tertiary/aromatic N) is 9. The molecule has 0 saturated carbocycles. The summed E-state index contributed by atoms with van der Waals surface area (Å²) >= 11 is 0. The lowest BCUT2D eigenvalue weighted by Gasteiger charge is -2.34. The van der Waals surface area contributed by atoms with Gasteiger partial charge in [0.1, 0.15) is 6.04 Å². The van der Waals surface area contributed by atoms with E-state index in [0.717, 1.165) is 60.1 Å². The summed E-state index contributed by atoms with van der Waals surface area (Å²) in [4.78, 5) is 70.0. The number of aryl methyl sites for hydroxylation is 3. The van der Waals surface area contributed by atoms with Crippen molar-refractivity contribution < 1.29 is 28.0 Å². The smallest absolute Gasteiger partial charge is 0.329 e. The first kappa shape index (κ1) is 41.2. The zero-order valence-corrected chi connectivity index (χ0v) is 35.2. The third kappa shape index (κ3) is 7.70. The molecule has 2 fully saturated rings. The van der Waals surface area contributed by atoms with Crippen molar-refractivity contribution in [1.29, 1.82) is 0 Å². The average Bonchev–Trinajstić information content (AvgIpc) is 3.96. The van der Waals surface area contributed by atoms with Gasteiger partial charge in [0.05, 0.1) is 29.8 Å². The van der Waals surface area contributed by atoms with Crippen molar-refractivity contribution >= 4 is 46.2 Å². The molecular weight excluding hydrogens is 799 g/mol. The molecule has 17 heteroatoms. The zero-order chi connectivity index (χ0) is 43.2. The van der Waals surface area contributed by atoms with Gasteiger partial charge >= 0.3 is 5.69 Å². The van der Waals surface area contributed by atoms with Crippen LogP contribution in [0.5, 0.6) is 0 Å². The van der Waals surface area contributed by atoms with E-state index in [2.05, 4.69) is 20.0 Å². The third-order valence-corrected chi connectivity index (χ3v) is 13.2. The molecule has 15 nitrogen and oxygen atoms in total. The summed E-state index contributed by atoms with van der Waals surface area (Å²) in [6, 6.07) is 10.2. The molecule has 1 unspecified atom stereocenters. The number of hydrogen-bond acceptors (Lipinski definition) is 8. The number of anilines is 2. The van der Waals surface area contributed by atoms with E-state index in [4.69, 9.17) is 5.10 Å². The highest BCUT2D eigenvalue weighted by Crippen LogP contribution is 2.44. The molecule has 0 radical (unpaired) electrons. The van der Waals surface area contributed by atoms with Crippen LogP contribution in [0, 0.1) is 0 Å². The van der Waals surface area contributed by atoms with E-state index in [1.165, 1.54) is 4.57 Å². The average molecular weight is 851 g/mol. The van der Waals surface area contributed by atoms with Crippen molar-refractivity contribution in [2.45, 2.75) is 109 Å². The Balaban J connectivity index is 0.859. The fraction of sp³-hybridized carbons (Fsp3) is 0.489. The Morgan fingerprint density at radius 1 is 0.919 bits per heavy atom. The van der Waals surface area contributed by atoms with Crippen molar-refractivity contribution in [2.75, 3.05) is 31.1 Å². The molecule has 2 saturated heterocycles. The number of fused-ring (bicyclic) bond motifs is 3. The number of alkyl halides is 2. The second-order valence-electron chi connectivity index (χ2n) is 17.1. The Labute approximate surface area is 357 Å². The molecule has 7 heterocycles. The fourth-order valence-corrected chi connectivity index (χ4v) is 9.99. The van der Waals surface area contributed by atoms with Crippen molar-refractivity contribution in [3.8, 4) is 11.1 Å². The number of likely N-dealkylation sites (tertiary alicyclic amines) is 1. The maximum absolute atomic E-state index is 14.7. The Hall–Kier alpha value is -6.13. The van der Waals surface area contributed by atoms with Crippen LogP contribution in [0.3, 0.4) is 0 Å². The molecule has 0 bridgehead atoms. The van der Waals surface area contributed by atoms with Gasteiger partial charge in [-0.1, -0.05) is 18.6 Å². The predicted molar refractivity (Wildman–Crippen MR) is 227 cm³/mol. The van der Waals surface area contributed by atoms with Crippen molar-refractivity contribution in [1.82, 2.24) is 43.8 Å². The first-order valence-electron chi connectivity index (χ1n) is 21.8. The molecule has 5 aromatic rings. The van der Waals surface area contributed by atoms with Gasteiger partial charge in [0, 0.05) is 100 Å². The molecule has 0 spiro atoms. The number of imidazole rings is 1. The number of hydrogen-bond donors (Lipinski definition) is 1. The minimum Gasteiger partial charge on any atom is -0.343 e. The predicted octanol–water partition coefficient (Wildman–Crippen LogP) is 5.73. The molecule has 0 aliphatic carbocycles. The summed E-state index contributed by atoms with van der Waals surface area (Å²) in [5.41, 5.74) is 5.91. The van der Waals surface area contributed by atoms with Crippen LogP contribution in [-0.4, -0.2) is 88.3 Å². The van der Waals surface area contributed by atoms with Crippen LogP contribution in [0.1, 0.15) is 106 Å². The lowest BCUT2D eigenvalue weighted by Crippen LogP contribution is -2.44. The second-order valence-corrected chi connectivity index (χ2v) is 17.1. The van der Waals surface area contributed by atoms with E-state index in [-0.39, 0.29) is 47.9 Å². The molecule has 62 heavy (non-hydrogen) atoms. The first-order chi connectivity index (χ1) is 30.0. The van der Waals surface area contributed by atoms with Crippen LogP contribution >= 0.6 is 0 Å². The number of carbonyl (C=O) groups excluding carboxylic acids is 4. The highest BCUT2D eigenvalue weighted by molar-refractivity contribution is 6.00. The molecule has 1 atom stereocenters. The van der Waals surface area contributed by atoms with E-state index in [0.29, 0.717) is 87.4 Å². The van der Waals surface area contributed by atoms with Crippen LogP contribution in [-0.2, 0) is 52.2 Å². The Morgan fingerprint density at radius 2 is 1.71 bits per heavy atom. The molecule has 326 valence electrons. The van der Waals surface area contributed by atoms with Crippen LogP contribution in [0.15, 0.2) is 53.6 Å². The molecular formula is C45H52F2N10O5. The minimum atomic E-state index is -2.69. The van der Waals surface area contributed by atoms with Crippen molar-refractivity contribution in [3.63, 3.8) is 0 Å². The van der Waals surface area contributed by atoms with E-state index in [9.17, 15) is 32.8 Å². The van der Waals surface area contributed by atoms with Gasteiger partial charge in [0.15, 0.2) is 5.82 Å². The van der Waals surface area contributed by atoms with Gasteiger partial charge in [0.25, 0.3) is 6.43 Å². The highest BCUT2D eigenvalue weighted by Gasteiger charge is 2.36. The van der Waals surface area contributed by atoms with E-state index in [1.54, 1.807) is 41.7 Å². The Kier molecular flexibility index (Phi) is 11.3. The number of halogens is 2. The summed E-state index contributed by atoms with van der Waals surface area (Å²) in [6.45, 7) is 4.77. The van der Waals surface area contributed by atoms with Gasteiger partial charge in [-0.15, -0.1) is 0 Å². The van der Waals surface area contributed by atoms with E-state index >= 15 is 0 Å². The van der Waals surface area contributed by atoms with E-state index < -0.39 is 18.4 Å². The molecule has 9 rings (SSSR count). The maximum atomic E-state index is 14.7. The molecule has 4 amide bonds. The molecule has 2 aromatic carbocycles. The molecule has 4 aliphatic heterocycles. The number of para-hydroxylation sites is 2. The largest absolute Gasteiger partial charge is 0.343 e. The summed E-state index contributed by atoms with van der Waals surface area (Å²) in [6.07, 6.45) is 7.27. The summed E-state index contributed by atoms with van der Waals surface area (Å²) in [7, 11) is 1.77. The first-order valence-corrected chi connectivity index (χ1v) is 21.8. The SMILES string of the molecule is CC(=O)N1CCc2c(c(N3CCCc4cc(-c5cnn(C)c5)c(C(F)F)cc43)nn2C2CCN(C(=O)CCCCCn3c(=O)n(C4CCC(=O)NC4=O)c4ccccc43)CC2)C1. The van der Waals surface area contributed by atoms with Gasteiger partial charge < -0.3 is 14.7 Å². The van der Waals surface area contributed by atoms with Gasteiger partial charge in [-0.25, -0.2) is 13.6 Å². The molecule has 4 aliphatic rings. The summed E-state index contributed by atoms with van der Waals surface area (Å²) < 4.78 is 36.3. The van der Waals surface area contributed by atoms with Gasteiger partial charge in [0.2, 0.25) is 23.6 Å². The fourth-order valence-electron chi connectivity index (χ4n) is 9.99. The van der Waals surface area contributed by atoms with Crippen LogP contribution in [0.25, 0.3) is 22.2 Å². The standard InChI is InChI=1S/C45H52F2N10O5/c1-28(58)53-22-17-35-34(27-53)43(54-19-8-9-29-23-32(30-25-48-51(2)26-30)33(42(46)47)24-39(29)54)50-57(35)31-15-20-52(21-16-31)41(60)12-4-3-7-18-55-36-10-5-6-11-37(36)56(45(55)62)38-13-14-40(59)49-44(38)61/h5-6,10-11,23-26,31,38,42H,3-4,7-9,12-22,27H2,1-2H3,(H,49,59,61). The molecule has 1 N–H and O–H groups in total. The Bertz CT molecular complexity index is 2620. The summed E-state index contributed by atoms with van der Waals surface area (Å²) in [5.74, 6) is -0.00444. The van der Waals surface area contributed by atoms with Crippen LogP contribution in [0.4, 0.5) is 20.3 Å². The van der Waals surface area contributed by atoms with Crippen LogP contribution in [0.2, 0.25) is 0 Å². The minimum absolute atomic E-state index is 0.0207. The summed E-state index contributed by atoms with van der Waals surface area (Å²) in [5, 5.41) is 11.8.